The fraction of sp³-hybridized carbons (Fsp3) is 0.400. The minimum atomic E-state index is -0.617. The van der Waals surface area contributed by atoms with Gasteiger partial charge in [-0.2, -0.15) is 0 Å². The lowest BCUT2D eigenvalue weighted by atomic mass is 10.1. The van der Waals surface area contributed by atoms with Crippen LogP contribution in [0.4, 0.5) is 0 Å². The van der Waals surface area contributed by atoms with E-state index >= 15 is 0 Å². The number of carbonyl (C=O) groups is 1. The molecule has 1 aliphatic rings. The lowest BCUT2D eigenvalue weighted by Gasteiger charge is -2.17. The summed E-state index contributed by atoms with van der Waals surface area (Å²) in [6, 6.07) is 4.77. The van der Waals surface area contributed by atoms with Crippen LogP contribution < -0.4 is 14.8 Å². The van der Waals surface area contributed by atoms with E-state index in [1.54, 1.807) is 18.2 Å². The summed E-state index contributed by atoms with van der Waals surface area (Å²) in [6.07, 6.45) is 6.05. The van der Waals surface area contributed by atoms with Crippen molar-refractivity contribution in [1.82, 2.24) is 5.32 Å². The summed E-state index contributed by atoms with van der Waals surface area (Å²) in [7, 11) is 1.34. The Kier molecular flexibility index (Phi) is 4.85. The Balaban J connectivity index is 2.26. The maximum atomic E-state index is 11.8. The predicted molar refractivity (Wildman–Crippen MR) is 73.6 cm³/mol. The normalized spacial score (nSPS) is 14.8. The van der Waals surface area contributed by atoms with Crippen molar-refractivity contribution in [1.29, 1.82) is 0 Å². The highest BCUT2D eigenvalue weighted by molar-refractivity contribution is 5.78. The van der Waals surface area contributed by atoms with Crippen LogP contribution in [-0.2, 0) is 9.53 Å². The van der Waals surface area contributed by atoms with Crippen molar-refractivity contribution in [2.75, 3.05) is 26.9 Å². The third kappa shape index (κ3) is 3.22. The van der Waals surface area contributed by atoms with Gasteiger partial charge in [-0.05, 0) is 17.7 Å². The number of hydrogen-bond donors (Lipinski definition) is 1. The van der Waals surface area contributed by atoms with Gasteiger partial charge < -0.3 is 14.2 Å². The van der Waals surface area contributed by atoms with Crippen molar-refractivity contribution in [2.24, 2.45) is 0 Å². The van der Waals surface area contributed by atoms with Gasteiger partial charge in [-0.1, -0.05) is 12.0 Å². The van der Waals surface area contributed by atoms with E-state index in [1.165, 1.54) is 7.11 Å². The number of ether oxygens (including phenoxy) is 3. The number of hydrogen-bond acceptors (Lipinski definition) is 5. The molecule has 5 nitrogen and oxygen atoms in total. The molecule has 0 aliphatic carbocycles. The molecule has 0 amide bonds. The summed E-state index contributed by atoms with van der Waals surface area (Å²) in [6.45, 7) is 1.49. The second-order valence-electron chi connectivity index (χ2n) is 4.30. The van der Waals surface area contributed by atoms with Crippen LogP contribution in [0.3, 0.4) is 0 Å². The van der Waals surface area contributed by atoms with Crippen molar-refractivity contribution in [2.45, 2.75) is 12.5 Å². The quantitative estimate of drug-likeness (QED) is 0.663. The van der Waals surface area contributed by atoms with E-state index in [0.29, 0.717) is 24.7 Å². The Bertz CT molecular complexity index is 521. The topological polar surface area (TPSA) is 56.8 Å². The minimum absolute atomic E-state index is 0.272. The van der Waals surface area contributed by atoms with E-state index in [4.69, 9.17) is 20.6 Å². The number of esters is 1. The van der Waals surface area contributed by atoms with Gasteiger partial charge in [0.1, 0.15) is 6.04 Å². The van der Waals surface area contributed by atoms with Gasteiger partial charge in [-0.15, -0.1) is 6.42 Å². The second-order valence-corrected chi connectivity index (χ2v) is 4.30. The van der Waals surface area contributed by atoms with Gasteiger partial charge in [0.05, 0.1) is 26.9 Å². The molecule has 0 radical (unpaired) electrons. The average Bonchev–Trinajstić information content (AvgIpc) is 2.72. The summed E-state index contributed by atoms with van der Waals surface area (Å²) in [5.74, 6) is 3.37. The second kappa shape index (κ2) is 6.83. The molecule has 1 aliphatic heterocycles. The standard InChI is InChI=1S/C15H17NO4/c1-3-7-16-14(15(17)18-2)11-5-6-12-13(10-11)20-9-4-8-19-12/h1,5-6,10,14,16H,4,7-9H2,2H3. The molecule has 0 saturated heterocycles. The highest BCUT2D eigenvalue weighted by Crippen LogP contribution is 2.32. The van der Waals surface area contributed by atoms with Crippen LogP contribution in [-0.4, -0.2) is 32.8 Å². The lowest BCUT2D eigenvalue weighted by Crippen LogP contribution is -2.29. The SMILES string of the molecule is C#CCNC(C(=O)OC)c1ccc2c(c1)OCCCO2. The molecule has 0 aromatic heterocycles. The molecule has 106 valence electrons. The van der Waals surface area contributed by atoms with E-state index in [2.05, 4.69) is 11.2 Å². The zero-order valence-electron chi connectivity index (χ0n) is 11.3. The Morgan fingerprint density at radius 3 is 2.90 bits per heavy atom. The molecule has 0 spiro atoms. The van der Waals surface area contributed by atoms with Gasteiger partial charge in [0, 0.05) is 6.42 Å². The molecule has 1 atom stereocenters. The number of methoxy groups -OCH3 is 1. The number of terminal acetylenes is 1. The maximum Gasteiger partial charge on any atom is 0.327 e. The molecule has 1 unspecified atom stereocenters. The van der Waals surface area contributed by atoms with E-state index in [-0.39, 0.29) is 6.54 Å². The molecule has 2 rings (SSSR count). The highest BCUT2D eigenvalue weighted by Gasteiger charge is 2.22. The number of nitrogens with one attached hydrogen (secondary N) is 1. The van der Waals surface area contributed by atoms with Gasteiger partial charge in [0.15, 0.2) is 11.5 Å². The molecule has 0 saturated carbocycles. The number of carbonyl (C=O) groups excluding carboxylic acids is 1. The van der Waals surface area contributed by atoms with Crippen molar-refractivity contribution in [3.05, 3.63) is 23.8 Å². The fourth-order valence-corrected chi connectivity index (χ4v) is 1.98. The van der Waals surface area contributed by atoms with Gasteiger partial charge in [-0.3, -0.25) is 5.32 Å². The predicted octanol–water partition coefficient (Wildman–Crippen LogP) is 1.28. The van der Waals surface area contributed by atoms with E-state index in [1.807, 2.05) is 0 Å². The van der Waals surface area contributed by atoms with Gasteiger partial charge in [-0.25, -0.2) is 4.79 Å². The van der Waals surface area contributed by atoms with Crippen LogP contribution in [0.25, 0.3) is 0 Å². The molecule has 1 N–H and O–H groups in total. The largest absolute Gasteiger partial charge is 0.490 e. The minimum Gasteiger partial charge on any atom is -0.490 e. The van der Waals surface area contributed by atoms with E-state index in [9.17, 15) is 4.79 Å². The Morgan fingerprint density at radius 1 is 1.45 bits per heavy atom. The van der Waals surface area contributed by atoms with Gasteiger partial charge in [0.2, 0.25) is 0 Å². The molecule has 5 heteroatoms. The smallest absolute Gasteiger partial charge is 0.327 e. The van der Waals surface area contributed by atoms with Crippen LogP contribution in [0.2, 0.25) is 0 Å². The van der Waals surface area contributed by atoms with Crippen molar-refractivity contribution in [3.63, 3.8) is 0 Å². The molecule has 1 heterocycles. The molecule has 0 bridgehead atoms. The molecular formula is C15H17NO4. The zero-order valence-corrected chi connectivity index (χ0v) is 11.3. The molecule has 20 heavy (non-hydrogen) atoms. The third-order valence-corrected chi connectivity index (χ3v) is 2.95. The van der Waals surface area contributed by atoms with E-state index < -0.39 is 12.0 Å². The first kappa shape index (κ1) is 14.2. The van der Waals surface area contributed by atoms with Crippen LogP contribution in [0.1, 0.15) is 18.0 Å². The lowest BCUT2D eigenvalue weighted by molar-refractivity contribution is -0.143. The molecule has 1 aromatic carbocycles. The summed E-state index contributed by atoms with van der Waals surface area (Å²) in [5.41, 5.74) is 0.733. The van der Waals surface area contributed by atoms with Crippen molar-refractivity contribution >= 4 is 5.97 Å². The monoisotopic (exact) mass is 275 g/mol. The summed E-state index contributed by atoms with van der Waals surface area (Å²) in [4.78, 5) is 11.8. The van der Waals surface area contributed by atoms with Gasteiger partial charge >= 0.3 is 5.97 Å². The van der Waals surface area contributed by atoms with Crippen LogP contribution in [0.5, 0.6) is 11.5 Å². The summed E-state index contributed by atoms with van der Waals surface area (Å²) < 4.78 is 16.0. The number of fused-ring (bicyclic) bond motifs is 1. The van der Waals surface area contributed by atoms with Crippen molar-refractivity contribution in [3.8, 4) is 23.8 Å². The Morgan fingerprint density at radius 2 is 2.20 bits per heavy atom. The first-order chi connectivity index (χ1) is 9.76. The Hall–Kier alpha value is -2.19. The first-order valence-corrected chi connectivity index (χ1v) is 6.40. The van der Waals surface area contributed by atoms with Gasteiger partial charge in [0.25, 0.3) is 0 Å². The zero-order chi connectivity index (χ0) is 14.4. The third-order valence-electron chi connectivity index (χ3n) is 2.95. The number of benzene rings is 1. The summed E-state index contributed by atoms with van der Waals surface area (Å²) >= 11 is 0. The first-order valence-electron chi connectivity index (χ1n) is 6.40. The Labute approximate surface area is 118 Å². The number of rotatable bonds is 4. The van der Waals surface area contributed by atoms with Crippen LogP contribution >= 0.6 is 0 Å². The average molecular weight is 275 g/mol. The van der Waals surface area contributed by atoms with Crippen LogP contribution in [0.15, 0.2) is 18.2 Å². The fourth-order valence-electron chi connectivity index (χ4n) is 1.98. The van der Waals surface area contributed by atoms with Crippen molar-refractivity contribution < 1.29 is 19.0 Å². The molecule has 0 fully saturated rings. The van der Waals surface area contributed by atoms with E-state index in [0.717, 1.165) is 12.0 Å². The molecular weight excluding hydrogens is 258 g/mol. The van der Waals surface area contributed by atoms with Crippen LogP contribution in [0, 0.1) is 12.3 Å². The highest BCUT2D eigenvalue weighted by atomic mass is 16.5. The molecule has 1 aromatic rings. The maximum absolute atomic E-state index is 11.8. The summed E-state index contributed by atoms with van der Waals surface area (Å²) in [5, 5.41) is 2.95.